The summed E-state index contributed by atoms with van der Waals surface area (Å²) >= 11 is 0. The number of hydrogen-bond acceptors (Lipinski definition) is 5. The van der Waals surface area contributed by atoms with Crippen molar-refractivity contribution in [3.8, 4) is 0 Å². The lowest BCUT2D eigenvalue weighted by Gasteiger charge is -2.35. The molecule has 0 atom stereocenters. The molecule has 6 heteroatoms. The molecule has 0 radical (unpaired) electrons. The molecule has 0 aromatic carbocycles. The Hall–Kier alpha value is -1.24. The van der Waals surface area contributed by atoms with Gasteiger partial charge < -0.3 is 15.2 Å². The zero-order valence-corrected chi connectivity index (χ0v) is 14.8. The number of aliphatic hydroxyl groups is 1. The second-order valence-electron chi connectivity index (χ2n) is 8.04. The van der Waals surface area contributed by atoms with Crippen LogP contribution < -0.4 is 10.9 Å². The van der Waals surface area contributed by atoms with Crippen LogP contribution in [0.5, 0.6) is 0 Å². The van der Waals surface area contributed by atoms with Crippen LogP contribution in [-0.4, -0.2) is 46.3 Å². The molecule has 2 N–H and O–H groups in total. The van der Waals surface area contributed by atoms with E-state index in [-0.39, 0.29) is 11.6 Å². The van der Waals surface area contributed by atoms with Crippen molar-refractivity contribution in [1.82, 2.24) is 15.1 Å². The summed E-state index contributed by atoms with van der Waals surface area (Å²) in [4.78, 5) is 12.2. The fourth-order valence-corrected chi connectivity index (χ4v) is 4.09. The van der Waals surface area contributed by atoms with Gasteiger partial charge in [0.15, 0.2) is 0 Å². The molecule has 2 saturated carbocycles. The van der Waals surface area contributed by atoms with Gasteiger partial charge in [-0.15, -0.1) is 0 Å². The molecule has 1 aromatic rings. The van der Waals surface area contributed by atoms with Crippen molar-refractivity contribution >= 4 is 0 Å². The third kappa shape index (κ3) is 4.13. The first-order chi connectivity index (χ1) is 12.1. The molecule has 4 rings (SSSR count). The summed E-state index contributed by atoms with van der Waals surface area (Å²) in [6.45, 7) is 1.94. The smallest absolute Gasteiger partial charge is 0.267 e. The maximum atomic E-state index is 12.2. The standard InChI is InChI=1S/C19H29N3O3/c23-18-8-7-17(14-1-2-14)21-22(18)16-5-3-15(4-6-16)20-13-19(24)9-11-25-12-10-19/h7-8,14-16,20,24H,1-6,9-13H2. The molecular weight excluding hydrogens is 318 g/mol. The number of rotatable bonds is 5. The summed E-state index contributed by atoms with van der Waals surface area (Å²) in [5.74, 6) is 0.574. The van der Waals surface area contributed by atoms with Crippen LogP contribution in [0.3, 0.4) is 0 Å². The van der Waals surface area contributed by atoms with Gasteiger partial charge in [-0.1, -0.05) is 0 Å². The van der Waals surface area contributed by atoms with Gasteiger partial charge in [-0.3, -0.25) is 4.79 Å². The highest BCUT2D eigenvalue weighted by Gasteiger charge is 2.32. The third-order valence-corrected chi connectivity index (χ3v) is 6.03. The fraction of sp³-hybridized carbons (Fsp3) is 0.789. The van der Waals surface area contributed by atoms with Crippen LogP contribution in [0.4, 0.5) is 0 Å². The van der Waals surface area contributed by atoms with Crippen LogP contribution in [0.25, 0.3) is 0 Å². The Morgan fingerprint density at radius 2 is 1.88 bits per heavy atom. The Morgan fingerprint density at radius 1 is 1.16 bits per heavy atom. The van der Waals surface area contributed by atoms with Crippen LogP contribution in [0, 0.1) is 0 Å². The minimum absolute atomic E-state index is 0.0253. The van der Waals surface area contributed by atoms with Gasteiger partial charge in [-0.25, -0.2) is 4.68 Å². The summed E-state index contributed by atoms with van der Waals surface area (Å²) in [5.41, 5.74) is 0.491. The van der Waals surface area contributed by atoms with Gasteiger partial charge >= 0.3 is 0 Å². The Balaban J connectivity index is 1.31. The number of nitrogens with one attached hydrogen (secondary N) is 1. The molecule has 1 aromatic heterocycles. The van der Waals surface area contributed by atoms with E-state index in [9.17, 15) is 9.90 Å². The molecule has 0 spiro atoms. The maximum Gasteiger partial charge on any atom is 0.267 e. The minimum atomic E-state index is -0.619. The van der Waals surface area contributed by atoms with Crippen molar-refractivity contribution < 1.29 is 9.84 Å². The van der Waals surface area contributed by atoms with Crippen molar-refractivity contribution in [2.75, 3.05) is 19.8 Å². The van der Waals surface area contributed by atoms with Gasteiger partial charge in [0.1, 0.15) is 0 Å². The first-order valence-corrected chi connectivity index (χ1v) is 9.76. The molecule has 2 aliphatic carbocycles. The Morgan fingerprint density at radius 3 is 2.56 bits per heavy atom. The van der Waals surface area contributed by atoms with E-state index in [1.165, 1.54) is 12.8 Å². The second-order valence-corrected chi connectivity index (χ2v) is 8.04. The topological polar surface area (TPSA) is 76.4 Å². The van der Waals surface area contributed by atoms with Crippen LogP contribution >= 0.6 is 0 Å². The highest BCUT2D eigenvalue weighted by Crippen LogP contribution is 2.38. The average molecular weight is 347 g/mol. The molecule has 1 aliphatic heterocycles. The molecule has 0 bridgehead atoms. The van der Waals surface area contributed by atoms with E-state index in [1.807, 2.05) is 6.07 Å². The summed E-state index contributed by atoms with van der Waals surface area (Å²) in [6.07, 6.45) is 7.83. The zero-order chi connectivity index (χ0) is 17.3. The Bertz CT molecular complexity index is 642. The molecule has 0 unspecified atom stereocenters. The van der Waals surface area contributed by atoms with Gasteiger partial charge in [0.2, 0.25) is 0 Å². The van der Waals surface area contributed by atoms with Crippen molar-refractivity contribution in [3.63, 3.8) is 0 Å². The van der Waals surface area contributed by atoms with Gasteiger partial charge in [0.05, 0.1) is 17.3 Å². The summed E-state index contributed by atoms with van der Waals surface area (Å²) in [7, 11) is 0. The van der Waals surface area contributed by atoms with Gasteiger partial charge in [-0.05, 0) is 44.6 Å². The van der Waals surface area contributed by atoms with Crippen LogP contribution in [0.1, 0.15) is 69.0 Å². The van der Waals surface area contributed by atoms with Gasteiger partial charge in [0, 0.05) is 50.6 Å². The predicted octanol–water partition coefficient (Wildman–Crippen LogP) is 1.74. The highest BCUT2D eigenvalue weighted by atomic mass is 16.5. The number of nitrogens with zero attached hydrogens (tertiary/aromatic N) is 2. The van der Waals surface area contributed by atoms with Crippen molar-refractivity contribution in [3.05, 3.63) is 28.2 Å². The van der Waals surface area contributed by atoms with E-state index in [4.69, 9.17) is 4.74 Å². The van der Waals surface area contributed by atoms with Gasteiger partial charge in [0.25, 0.3) is 5.56 Å². The summed E-state index contributed by atoms with van der Waals surface area (Å²) < 4.78 is 7.07. The predicted molar refractivity (Wildman–Crippen MR) is 94.8 cm³/mol. The Kier molecular flexibility index (Phi) is 4.93. The van der Waals surface area contributed by atoms with E-state index >= 15 is 0 Å². The molecule has 138 valence electrons. The Labute approximate surface area is 148 Å². The normalized spacial score (nSPS) is 29.5. The fourth-order valence-electron chi connectivity index (χ4n) is 4.09. The van der Waals surface area contributed by atoms with E-state index in [2.05, 4.69) is 10.4 Å². The number of ether oxygens (including phenoxy) is 1. The monoisotopic (exact) mass is 347 g/mol. The molecular formula is C19H29N3O3. The van der Waals surface area contributed by atoms with E-state index in [0.29, 0.717) is 44.6 Å². The molecule has 1 saturated heterocycles. The zero-order valence-electron chi connectivity index (χ0n) is 14.8. The van der Waals surface area contributed by atoms with Crippen molar-refractivity contribution in [2.45, 2.75) is 75.0 Å². The molecule has 6 nitrogen and oxygen atoms in total. The largest absolute Gasteiger partial charge is 0.388 e. The van der Waals surface area contributed by atoms with E-state index < -0.39 is 5.60 Å². The lowest BCUT2D eigenvalue weighted by molar-refractivity contribution is -0.0633. The molecule has 2 heterocycles. The molecule has 3 fully saturated rings. The second kappa shape index (κ2) is 7.17. The van der Waals surface area contributed by atoms with Crippen LogP contribution in [0.2, 0.25) is 0 Å². The first-order valence-electron chi connectivity index (χ1n) is 9.76. The number of hydrogen-bond donors (Lipinski definition) is 2. The maximum absolute atomic E-state index is 12.2. The molecule has 0 amide bonds. The molecule has 25 heavy (non-hydrogen) atoms. The summed E-state index contributed by atoms with van der Waals surface area (Å²) in [6, 6.07) is 4.23. The van der Waals surface area contributed by atoms with Crippen LogP contribution in [-0.2, 0) is 4.74 Å². The molecule has 3 aliphatic rings. The SMILES string of the molecule is O=c1ccc(C2CC2)nn1C1CCC(NCC2(O)CCOCC2)CC1. The van der Waals surface area contributed by atoms with E-state index in [0.717, 1.165) is 31.4 Å². The van der Waals surface area contributed by atoms with Crippen molar-refractivity contribution in [2.24, 2.45) is 0 Å². The minimum Gasteiger partial charge on any atom is -0.388 e. The third-order valence-electron chi connectivity index (χ3n) is 6.03. The summed E-state index contributed by atoms with van der Waals surface area (Å²) in [5, 5.41) is 18.7. The van der Waals surface area contributed by atoms with Crippen molar-refractivity contribution in [1.29, 1.82) is 0 Å². The van der Waals surface area contributed by atoms with Crippen LogP contribution in [0.15, 0.2) is 16.9 Å². The highest BCUT2D eigenvalue weighted by molar-refractivity contribution is 5.13. The average Bonchev–Trinajstić information content (AvgIpc) is 3.47. The lowest BCUT2D eigenvalue weighted by Crippen LogP contribution is -2.48. The van der Waals surface area contributed by atoms with Gasteiger partial charge in [-0.2, -0.15) is 5.10 Å². The lowest BCUT2D eigenvalue weighted by atomic mass is 9.89. The quantitative estimate of drug-likeness (QED) is 0.848. The van der Waals surface area contributed by atoms with E-state index in [1.54, 1.807) is 10.7 Å². The number of aromatic nitrogens is 2. The first kappa shape index (κ1) is 17.2.